The lowest BCUT2D eigenvalue weighted by atomic mass is 10.2. The Morgan fingerprint density at radius 2 is 0.963 bits per heavy atom. The third-order valence-electron chi connectivity index (χ3n) is 1.99. The maximum atomic E-state index is 10.0. The summed E-state index contributed by atoms with van der Waals surface area (Å²) in [6, 6.07) is 0. The van der Waals surface area contributed by atoms with Crippen molar-refractivity contribution in [3.63, 3.8) is 0 Å². The van der Waals surface area contributed by atoms with Gasteiger partial charge < -0.3 is 19.6 Å². The first-order valence-corrected chi connectivity index (χ1v) is 11.7. The third kappa shape index (κ3) is 76.5. The molecular weight excluding hydrogens is 394 g/mol. The van der Waals surface area contributed by atoms with Gasteiger partial charge in [0.25, 0.3) is 0 Å². The van der Waals surface area contributed by atoms with Crippen LogP contribution in [-0.2, 0) is 18.2 Å². The van der Waals surface area contributed by atoms with Crippen LogP contribution in [0.5, 0.6) is 0 Å². The number of unbranched alkanes of at least 4 members (excludes halogenated alkanes) is 1. The zero-order chi connectivity index (χ0) is 21.8. The second kappa shape index (κ2) is 24.0. The zero-order valence-electron chi connectivity index (χ0n) is 17.5. The molecular formula is C17H44O8P2. The van der Waals surface area contributed by atoms with E-state index in [9.17, 15) is 9.13 Å². The molecule has 0 aromatic heterocycles. The Kier molecular flexibility index (Phi) is 33.5. The van der Waals surface area contributed by atoms with Crippen LogP contribution in [0.25, 0.3) is 0 Å². The van der Waals surface area contributed by atoms with Gasteiger partial charge >= 0.3 is 15.6 Å². The summed E-state index contributed by atoms with van der Waals surface area (Å²) in [6.07, 6.45) is 6.64. The second-order valence-electron chi connectivity index (χ2n) is 6.03. The fraction of sp³-hybridized carbons (Fsp3) is 0.882. The molecule has 4 N–H and O–H groups in total. The molecule has 0 amide bonds. The van der Waals surface area contributed by atoms with Crippen LogP contribution in [0.3, 0.4) is 0 Å². The molecule has 0 aliphatic heterocycles. The van der Waals surface area contributed by atoms with Crippen molar-refractivity contribution >= 4 is 15.6 Å². The van der Waals surface area contributed by atoms with Crippen LogP contribution in [0, 0.1) is 11.8 Å². The average molecular weight is 438 g/mol. The highest BCUT2D eigenvalue weighted by Gasteiger charge is 2.14. The Balaban J connectivity index is -0.0000000843. The molecule has 170 valence electrons. The molecule has 0 unspecified atom stereocenters. The van der Waals surface area contributed by atoms with Crippen molar-refractivity contribution in [3.05, 3.63) is 12.2 Å². The topological polar surface area (TPSA) is 134 Å². The second-order valence-corrected chi connectivity index (χ2v) is 8.51. The summed E-state index contributed by atoms with van der Waals surface area (Å²) in [5.74, 6) is 0.301. The molecule has 0 fully saturated rings. The van der Waals surface area contributed by atoms with Gasteiger partial charge in [-0.25, -0.2) is 9.13 Å². The number of phosphoric ester groups is 2. The smallest absolute Gasteiger partial charge is 0.303 e. The van der Waals surface area contributed by atoms with Crippen LogP contribution in [0.15, 0.2) is 12.2 Å². The predicted molar refractivity (Wildman–Crippen MR) is 113 cm³/mol. The molecule has 27 heavy (non-hydrogen) atoms. The lowest BCUT2D eigenvalue weighted by molar-refractivity contribution is 0.176. The lowest BCUT2D eigenvalue weighted by Gasteiger charge is -2.06. The van der Waals surface area contributed by atoms with Gasteiger partial charge in [-0.3, -0.25) is 9.05 Å². The Morgan fingerprint density at radius 1 is 0.741 bits per heavy atom. The minimum absolute atomic E-state index is 0. The summed E-state index contributed by atoms with van der Waals surface area (Å²) >= 11 is 0. The number of hydrogen-bond acceptors (Lipinski definition) is 4. The fourth-order valence-corrected chi connectivity index (χ4v) is 1.48. The summed E-state index contributed by atoms with van der Waals surface area (Å²) in [6.45, 7) is 15.8. The van der Waals surface area contributed by atoms with E-state index in [0.29, 0.717) is 0 Å². The molecule has 0 aliphatic rings. The summed E-state index contributed by atoms with van der Waals surface area (Å²) in [5.41, 5.74) is 0. The van der Waals surface area contributed by atoms with Crippen molar-refractivity contribution in [2.45, 2.75) is 75.7 Å². The van der Waals surface area contributed by atoms with Crippen LogP contribution < -0.4 is 0 Å². The first-order chi connectivity index (χ1) is 11.7. The van der Waals surface area contributed by atoms with Crippen LogP contribution in [-0.4, -0.2) is 32.8 Å². The summed E-state index contributed by atoms with van der Waals surface area (Å²) in [7, 11) is -8.44. The molecule has 0 aliphatic carbocycles. The van der Waals surface area contributed by atoms with E-state index in [1.54, 1.807) is 0 Å². The number of hydrogen-bond donors (Lipinski definition) is 4. The van der Waals surface area contributed by atoms with Gasteiger partial charge in [0, 0.05) is 0 Å². The van der Waals surface area contributed by atoms with Crippen LogP contribution in [0.4, 0.5) is 0 Å². The lowest BCUT2D eigenvalue weighted by Crippen LogP contribution is -1.99. The van der Waals surface area contributed by atoms with Gasteiger partial charge in [-0.15, -0.1) is 0 Å². The van der Waals surface area contributed by atoms with Crippen molar-refractivity contribution in [1.29, 1.82) is 0 Å². The summed E-state index contributed by atoms with van der Waals surface area (Å²) in [4.78, 5) is 32.6. The standard InChI is InChI=1S/2C4H11O4P.C4H10.C4H8.CH4/c2*1-4(2)3-8-9(5,6)7;2*1-3-4-2;/h2*4H,3H2,1-2H3,(H2,5,6,7);3-4H2,1-2H3;3-4H,1-2H3;1H4/b;;;4-3+;. The number of phosphoric acid groups is 2. The molecule has 0 spiro atoms. The third-order valence-corrected chi connectivity index (χ3v) is 2.96. The van der Waals surface area contributed by atoms with Gasteiger partial charge in [-0.05, 0) is 25.7 Å². The Labute approximate surface area is 166 Å². The number of allylic oxidation sites excluding steroid dienone is 2. The van der Waals surface area contributed by atoms with Crippen molar-refractivity contribution in [2.75, 3.05) is 13.2 Å². The highest BCUT2D eigenvalue weighted by Crippen LogP contribution is 2.36. The number of rotatable bonds is 7. The van der Waals surface area contributed by atoms with E-state index in [2.05, 4.69) is 22.9 Å². The molecule has 0 aromatic carbocycles. The van der Waals surface area contributed by atoms with E-state index < -0.39 is 15.6 Å². The largest absolute Gasteiger partial charge is 0.469 e. The van der Waals surface area contributed by atoms with Crippen LogP contribution in [0.2, 0.25) is 0 Å². The van der Waals surface area contributed by atoms with Crippen molar-refractivity contribution in [1.82, 2.24) is 0 Å². The van der Waals surface area contributed by atoms with E-state index in [1.807, 2.05) is 53.7 Å². The average Bonchev–Trinajstić information content (AvgIpc) is 2.51. The summed E-state index contributed by atoms with van der Waals surface area (Å²) < 4.78 is 28.3. The highest BCUT2D eigenvalue weighted by atomic mass is 31.2. The van der Waals surface area contributed by atoms with E-state index in [-0.39, 0.29) is 32.5 Å². The molecule has 0 atom stereocenters. The Morgan fingerprint density at radius 3 is 1.00 bits per heavy atom. The molecule has 10 heteroatoms. The van der Waals surface area contributed by atoms with E-state index in [4.69, 9.17) is 19.6 Å². The van der Waals surface area contributed by atoms with Gasteiger partial charge in [0.1, 0.15) is 0 Å². The Bertz CT molecular complexity index is 350. The summed E-state index contributed by atoms with van der Waals surface area (Å²) in [5, 5.41) is 0. The van der Waals surface area contributed by atoms with Crippen molar-refractivity contribution < 1.29 is 37.8 Å². The first kappa shape index (κ1) is 37.7. The van der Waals surface area contributed by atoms with Crippen LogP contribution >= 0.6 is 15.6 Å². The molecule has 0 bridgehead atoms. The fourth-order valence-electron chi connectivity index (χ4n) is 0.492. The van der Waals surface area contributed by atoms with Gasteiger partial charge in [0.05, 0.1) is 13.2 Å². The quantitative estimate of drug-likeness (QED) is 0.301. The molecule has 8 nitrogen and oxygen atoms in total. The monoisotopic (exact) mass is 438 g/mol. The molecule has 0 saturated heterocycles. The van der Waals surface area contributed by atoms with E-state index in [0.717, 1.165) is 0 Å². The van der Waals surface area contributed by atoms with Gasteiger partial charge in [0.15, 0.2) is 0 Å². The SMILES string of the molecule is C.C/C=C/C.CC(C)COP(=O)(O)O.CC(C)COP(=O)(O)O.CCCC. The molecule has 0 heterocycles. The van der Waals surface area contributed by atoms with Gasteiger partial charge in [-0.1, -0.05) is 74.0 Å². The Hall–Kier alpha value is -0.0400. The minimum atomic E-state index is -4.22. The van der Waals surface area contributed by atoms with Gasteiger partial charge in [0.2, 0.25) is 0 Å². The maximum Gasteiger partial charge on any atom is 0.469 e. The van der Waals surface area contributed by atoms with E-state index >= 15 is 0 Å². The molecule has 0 rings (SSSR count). The van der Waals surface area contributed by atoms with E-state index in [1.165, 1.54) is 12.8 Å². The normalized spacial score (nSPS) is 10.9. The maximum absolute atomic E-state index is 10.0. The highest BCUT2D eigenvalue weighted by molar-refractivity contribution is 7.46. The van der Waals surface area contributed by atoms with Gasteiger partial charge in [-0.2, -0.15) is 0 Å². The molecule has 0 radical (unpaired) electrons. The predicted octanol–water partition coefficient (Wildman–Crippen LogP) is 5.53. The zero-order valence-corrected chi connectivity index (χ0v) is 19.2. The molecule has 0 saturated carbocycles. The molecule has 0 aromatic rings. The van der Waals surface area contributed by atoms with Crippen molar-refractivity contribution in [3.8, 4) is 0 Å². The minimum Gasteiger partial charge on any atom is -0.303 e. The van der Waals surface area contributed by atoms with Crippen molar-refractivity contribution in [2.24, 2.45) is 11.8 Å². The first-order valence-electron chi connectivity index (χ1n) is 8.64. The van der Waals surface area contributed by atoms with Crippen LogP contribution in [0.1, 0.15) is 75.7 Å².